The fourth-order valence-corrected chi connectivity index (χ4v) is 3.51. The number of anilines is 1. The molecule has 27 heavy (non-hydrogen) atoms. The van der Waals surface area contributed by atoms with E-state index in [0.29, 0.717) is 29.9 Å². The lowest BCUT2D eigenvalue weighted by atomic mass is 10.2. The maximum absolute atomic E-state index is 12.5. The minimum absolute atomic E-state index is 0.111. The Morgan fingerprint density at radius 3 is 2.48 bits per heavy atom. The van der Waals surface area contributed by atoms with Gasteiger partial charge in [-0.05, 0) is 37.1 Å². The molecular weight excluding hydrogens is 430 g/mol. The molecule has 2 rings (SSSR count). The number of halogens is 1. The van der Waals surface area contributed by atoms with Crippen LogP contribution in [0.2, 0.25) is 0 Å². The van der Waals surface area contributed by atoms with Crippen LogP contribution in [0.1, 0.15) is 33.0 Å². The zero-order valence-electron chi connectivity index (χ0n) is 15.6. The van der Waals surface area contributed by atoms with Crippen LogP contribution in [0.25, 0.3) is 0 Å². The number of hydrogen-bond donors (Lipinski definition) is 2. The van der Waals surface area contributed by atoms with Crippen molar-refractivity contribution < 1.29 is 9.59 Å². The summed E-state index contributed by atoms with van der Waals surface area (Å²) in [6.45, 7) is 6.73. The lowest BCUT2D eigenvalue weighted by Crippen LogP contribution is -2.23. The molecule has 0 aliphatic carbocycles. The Bertz CT molecular complexity index is 792. The van der Waals surface area contributed by atoms with Gasteiger partial charge in [-0.3, -0.25) is 9.59 Å². The largest absolute Gasteiger partial charge is 0.370 e. The first-order valence-electron chi connectivity index (χ1n) is 8.69. The van der Waals surface area contributed by atoms with Crippen LogP contribution in [-0.4, -0.2) is 31.8 Å². The lowest BCUT2D eigenvalue weighted by Gasteiger charge is -2.15. The predicted molar refractivity (Wildman–Crippen MR) is 110 cm³/mol. The minimum atomic E-state index is -0.370. The monoisotopic (exact) mass is 453 g/mol. The summed E-state index contributed by atoms with van der Waals surface area (Å²) in [6, 6.07) is 7.42. The number of benzene rings is 1. The lowest BCUT2D eigenvalue weighted by molar-refractivity contribution is -0.118. The van der Waals surface area contributed by atoms with Crippen molar-refractivity contribution in [3.8, 4) is 0 Å². The Balaban J connectivity index is 2.08. The first kappa shape index (κ1) is 21.4. The number of carbonyl (C=O) groups excluding carboxylic acids is 2. The standard InChI is InChI=1S/C18H24BrN5O2S/c1-11(2)10-24-16(9-8-15(20)25)22-23-18(24)27-12(3)17(26)21-14-6-4-13(19)5-7-14/h4-7,11-12H,8-10H2,1-3H3,(H2,20,25)(H,21,26). The number of nitrogens with zero attached hydrogens (tertiary/aromatic N) is 3. The number of nitrogens with one attached hydrogen (secondary N) is 1. The quantitative estimate of drug-likeness (QED) is 0.567. The topological polar surface area (TPSA) is 103 Å². The van der Waals surface area contributed by atoms with Gasteiger partial charge in [0.2, 0.25) is 11.8 Å². The number of nitrogens with two attached hydrogens (primary N) is 1. The Morgan fingerprint density at radius 1 is 1.22 bits per heavy atom. The third-order valence-electron chi connectivity index (χ3n) is 3.70. The van der Waals surface area contributed by atoms with E-state index in [1.165, 1.54) is 11.8 Å². The van der Waals surface area contributed by atoms with Crippen molar-refractivity contribution in [1.29, 1.82) is 0 Å². The molecule has 0 saturated carbocycles. The number of aryl methyl sites for hydroxylation is 1. The fourth-order valence-electron chi connectivity index (χ4n) is 2.36. The molecule has 1 unspecified atom stereocenters. The molecule has 7 nitrogen and oxygen atoms in total. The molecule has 146 valence electrons. The predicted octanol–water partition coefficient (Wildman–Crippen LogP) is 3.23. The van der Waals surface area contributed by atoms with E-state index < -0.39 is 0 Å². The van der Waals surface area contributed by atoms with Crippen LogP contribution in [0, 0.1) is 5.92 Å². The van der Waals surface area contributed by atoms with Crippen LogP contribution >= 0.6 is 27.7 Å². The number of primary amides is 1. The molecule has 3 N–H and O–H groups in total. The summed E-state index contributed by atoms with van der Waals surface area (Å²) in [5.41, 5.74) is 5.98. The van der Waals surface area contributed by atoms with Crippen molar-refractivity contribution in [3.63, 3.8) is 0 Å². The van der Waals surface area contributed by atoms with E-state index in [1.807, 2.05) is 35.8 Å². The van der Waals surface area contributed by atoms with Crippen molar-refractivity contribution in [1.82, 2.24) is 14.8 Å². The maximum Gasteiger partial charge on any atom is 0.237 e. The molecule has 2 amide bonds. The van der Waals surface area contributed by atoms with Crippen molar-refractivity contribution in [2.75, 3.05) is 5.32 Å². The zero-order valence-corrected chi connectivity index (χ0v) is 18.0. The molecule has 1 atom stereocenters. The molecular formula is C18H24BrN5O2S. The van der Waals surface area contributed by atoms with Crippen molar-refractivity contribution >= 4 is 45.2 Å². The van der Waals surface area contributed by atoms with Gasteiger partial charge in [0.05, 0.1) is 5.25 Å². The van der Waals surface area contributed by atoms with Gasteiger partial charge in [0.1, 0.15) is 5.82 Å². The molecule has 0 saturated heterocycles. The average molecular weight is 454 g/mol. The molecule has 0 fully saturated rings. The van der Waals surface area contributed by atoms with Crippen molar-refractivity contribution in [2.24, 2.45) is 11.7 Å². The van der Waals surface area contributed by atoms with Crippen LogP contribution in [0.15, 0.2) is 33.9 Å². The van der Waals surface area contributed by atoms with Crippen molar-refractivity contribution in [2.45, 2.75) is 50.6 Å². The second-order valence-electron chi connectivity index (χ2n) is 6.63. The molecule has 0 spiro atoms. The van der Waals surface area contributed by atoms with Crippen LogP contribution in [0.3, 0.4) is 0 Å². The summed E-state index contributed by atoms with van der Waals surface area (Å²) in [5, 5.41) is 11.6. The van der Waals surface area contributed by atoms with Gasteiger partial charge >= 0.3 is 0 Å². The molecule has 0 bridgehead atoms. The Labute approximate surface area is 171 Å². The Kier molecular flexibility index (Phi) is 7.85. The minimum Gasteiger partial charge on any atom is -0.370 e. The Hall–Kier alpha value is -1.87. The average Bonchev–Trinajstić information content (AvgIpc) is 2.96. The van der Waals surface area contributed by atoms with Gasteiger partial charge < -0.3 is 15.6 Å². The molecule has 0 aliphatic rings. The zero-order chi connectivity index (χ0) is 20.0. The number of hydrogen-bond acceptors (Lipinski definition) is 5. The smallest absolute Gasteiger partial charge is 0.237 e. The molecule has 9 heteroatoms. The summed E-state index contributed by atoms with van der Waals surface area (Å²) in [4.78, 5) is 23.6. The number of aromatic nitrogens is 3. The van der Waals surface area contributed by atoms with Crippen LogP contribution < -0.4 is 11.1 Å². The highest BCUT2D eigenvalue weighted by atomic mass is 79.9. The van der Waals surface area contributed by atoms with E-state index in [4.69, 9.17) is 5.73 Å². The van der Waals surface area contributed by atoms with Gasteiger partial charge in [0.15, 0.2) is 5.16 Å². The highest BCUT2D eigenvalue weighted by Crippen LogP contribution is 2.25. The first-order chi connectivity index (χ1) is 12.8. The second kappa shape index (κ2) is 9.89. The third-order valence-corrected chi connectivity index (χ3v) is 5.31. The second-order valence-corrected chi connectivity index (χ2v) is 8.85. The molecule has 1 aromatic heterocycles. The van der Waals surface area contributed by atoms with Gasteiger partial charge in [-0.1, -0.05) is 41.5 Å². The summed E-state index contributed by atoms with van der Waals surface area (Å²) in [6.07, 6.45) is 0.662. The summed E-state index contributed by atoms with van der Waals surface area (Å²) in [7, 11) is 0. The van der Waals surface area contributed by atoms with Gasteiger partial charge in [0, 0.05) is 29.5 Å². The van der Waals surface area contributed by atoms with E-state index >= 15 is 0 Å². The van der Waals surface area contributed by atoms with Crippen LogP contribution in [0.5, 0.6) is 0 Å². The normalized spacial score (nSPS) is 12.2. The van der Waals surface area contributed by atoms with E-state index in [9.17, 15) is 9.59 Å². The van der Waals surface area contributed by atoms with Gasteiger partial charge in [-0.15, -0.1) is 10.2 Å². The number of amides is 2. The van der Waals surface area contributed by atoms with E-state index in [1.54, 1.807) is 0 Å². The number of carbonyl (C=O) groups is 2. The summed E-state index contributed by atoms with van der Waals surface area (Å²) < 4.78 is 2.93. The molecule has 0 aliphatic heterocycles. The first-order valence-corrected chi connectivity index (χ1v) is 10.4. The highest BCUT2D eigenvalue weighted by molar-refractivity contribution is 9.10. The molecule has 0 radical (unpaired) electrons. The fraction of sp³-hybridized carbons (Fsp3) is 0.444. The van der Waals surface area contributed by atoms with Gasteiger partial charge in [-0.25, -0.2) is 0 Å². The summed E-state index contributed by atoms with van der Waals surface area (Å²) in [5.74, 6) is 0.607. The van der Waals surface area contributed by atoms with Crippen LogP contribution in [0.4, 0.5) is 5.69 Å². The third kappa shape index (κ3) is 6.66. The summed E-state index contributed by atoms with van der Waals surface area (Å²) >= 11 is 4.72. The Morgan fingerprint density at radius 2 is 1.89 bits per heavy atom. The highest BCUT2D eigenvalue weighted by Gasteiger charge is 2.21. The van der Waals surface area contributed by atoms with Crippen LogP contribution in [-0.2, 0) is 22.6 Å². The van der Waals surface area contributed by atoms with Crippen molar-refractivity contribution in [3.05, 3.63) is 34.6 Å². The number of rotatable bonds is 9. The number of thioether (sulfide) groups is 1. The van der Waals surface area contributed by atoms with E-state index in [2.05, 4.69) is 45.3 Å². The molecule has 1 heterocycles. The molecule has 1 aromatic carbocycles. The van der Waals surface area contributed by atoms with E-state index in [-0.39, 0.29) is 23.5 Å². The molecule has 2 aromatic rings. The SMILES string of the molecule is CC(C)Cn1c(CCC(N)=O)nnc1SC(C)C(=O)Nc1ccc(Br)cc1. The van der Waals surface area contributed by atoms with E-state index in [0.717, 1.165) is 10.2 Å². The van der Waals surface area contributed by atoms with Gasteiger partial charge in [-0.2, -0.15) is 0 Å². The van der Waals surface area contributed by atoms with Gasteiger partial charge in [0.25, 0.3) is 0 Å². The maximum atomic E-state index is 12.5.